The van der Waals surface area contributed by atoms with Crippen LogP contribution in [0.3, 0.4) is 0 Å². The Morgan fingerprint density at radius 1 is 1.16 bits per heavy atom. The van der Waals surface area contributed by atoms with E-state index < -0.39 is 0 Å². The number of nitrogens with zero attached hydrogens (tertiary/aromatic N) is 2. The van der Waals surface area contributed by atoms with E-state index in [1.54, 1.807) is 7.11 Å². The van der Waals surface area contributed by atoms with Crippen LogP contribution >= 0.6 is 24.0 Å². The quantitative estimate of drug-likeness (QED) is 0.275. The van der Waals surface area contributed by atoms with Crippen molar-refractivity contribution in [2.75, 3.05) is 39.8 Å². The molecule has 0 heterocycles. The number of methoxy groups -OCH3 is 1. The second-order valence-corrected chi connectivity index (χ2v) is 7.52. The van der Waals surface area contributed by atoms with Crippen LogP contribution in [0.5, 0.6) is 0 Å². The molecule has 0 bridgehead atoms. The molecule has 0 amide bonds. The Balaban J connectivity index is 0. The first-order chi connectivity index (χ1) is 11.3. The van der Waals surface area contributed by atoms with Crippen LogP contribution < -0.4 is 10.6 Å². The summed E-state index contributed by atoms with van der Waals surface area (Å²) in [6.45, 7) is 20.3. The Bertz CT molecular complexity index is 341. The highest BCUT2D eigenvalue weighted by molar-refractivity contribution is 14.0. The fraction of sp³-hybridized carbons (Fsp3) is 0.947. The van der Waals surface area contributed by atoms with Crippen LogP contribution in [0.2, 0.25) is 0 Å². The summed E-state index contributed by atoms with van der Waals surface area (Å²) >= 11 is 0. The molecule has 2 atom stereocenters. The summed E-state index contributed by atoms with van der Waals surface area (Å²) in [7, 11) is 1.77. The van der Waals surface area contributed by atoms with Crippen LogP contribution in [0.15, 0.2) is 4.99 Å². The molecule has 0 saturated carbocycles. The SMILES string of the molecule is CCNC(=NCC(OC)C(C)(C)C)NC(C)CCCN(CC)CC.I. The van der Waals surface area contributed by atoms with Gasteiger partial charge in [-0.3, -0.25) is 4.99 Å². The lowest BCUT2D eigenvalue weighted by Gasteiger charge is -2.28. The largest absolute Gasteiger partial charge is 0.379 e. The number of hydrogen-bond donors (Lipinski definition) is 2. The normalized spacial score (nSPS) is 14.8. The van der Waals surface area contributed by atoms with E-state index in [0.717, 1.165) is 32.0 Å². The standard InChI is InChI=1S/C19H42N4O.HI/c1-9-20-18(21-15-17(24-8)19(5,6)7)22-16(4)13-12-14-23(10-2)11-3;/h16-17H,9-15H2,1-8H3,(H2,20,21,22);1H. The smallest absolute Gasteiger partial charge is 0.191 e. The van der Waals surface area contributed by atoms with Gasteiger partial charge in [-0.2, -0.15) is 0 Å². The molecule has 2 unspecified atom stereocenters. The monoisotopic (exact) mass is 470 g/mol. The Morgan fingerprint density at radius 3 is 2.20 bits per heavy atom. The highest BCUT2D eigenvalue weighted by atomic mass is 127. The Labute approximate surface area is 173 Å². The summed E-state index contributed by atoms with van der Waals surface area (Å²) in [5.41, 5.74) is 0.0882. The molecule has 0 aromatic rings. The minimum atomic E-state index is 0. The molecule has 5 nitrogen and oxygen atoms in total. The van der Waals surface area contributed by atoms with Crippen molar-refractivity contribution in [3.8, 4) is 0 Å². The first kappa shape index (κ1) is 27.1. The maximum Gasteiger partial charge on any atom is 0.191 e. The van der Waals surface area contributed by atoms with E-state index in [1.165, 1.54) is 13.0 Å². The molecule has 0 aliphatic heterocycles. The topological polar surface area (TPSA) is 48.9 Å². The second kappa shape index (κ2) is 15.0. The summed E-state index contributed by atoms with van der Waals surface area (Å²) in [5, 5.41) is 6.86. The molecule has 0 aromatic carbocycles. The van der Waals surface area contributed by atoms with E-state index in [4.69, 9.17) is 9.73 Å². The van der Waals surface area contributed by atoms with Crippen LogP contribution in [-0.2, 0) is 4.74 Å². The third-order valence-corrected chi connectivity index (χ3v) is 4.40. The molecule has 0 rings (SSSR count). The molecule has 0 aromatic heterocycles. The first-order valence-corrected chi connectivity index (χ1v) is 9.58. The zero-order valence-corrected chi connectivity index (χ0v) is 20.1. The number of rotatable bonds is 11. The van der Waals surface area contributed by atoms with Crippen molar-refractivity contribution < 1.29 is 4.74 Å². The first-order valence-electron chi connectivity index (χ1n) is 9.58. The van der Waals surface area contributed by atoms with E-state index in [-0.39, 0.29) is 35.5 Å². The van der Waals surface area contributed by atoms with Crippen molar-refractivity contribution in [3.05, 3.63) is 0 Å². The van der Waals surface area contributed by atoms with Gasteiger partial charge in [0.1, 0.15) is 0 Å². The predicted molar refractivity (Wildman–Crippen MR) is 121 cm³/mol. The maximum absolute atomic E-state index is 5.60. The molecule has 0 radical (unpaired) electrons. The van der Waals surface area contributed by atoms with Gasteiger partial charge in [0.15, 0.2) is 5.96 Å². The van der Waals surface area contributed by atoms with E-state index in [9.17, 15) is 0 Å². The molecule has 0 fully saturated rings. The summed E-state index contributed by atoms with van der Waals surface area (Å²) in [6.07, 6.45) is 2.47. The average Bonchev–Trinajstić information content (AvgIpc) is 2.51. The molecule has 2 N–H and O–H groups in total. The number of aliphatic imine (C=N–C) groups is 1. The molecule has 0 saturated heterocycles. The Hall–Kier alpha value is -0.0800. The number of hydrogen-bond acceptors (Lipinski definition) is 3. The van der Waals surface area contributed by atoms with Gasteiger partial charge in [-0.15, -0.1) is 24.0 Å². The summed E-state index contributed by atoms with van der Waals surface area (Å²) < 4.78 is 5.60. The average molecular weight is 470 g/mol. The molecule has 0 aliphatic rings. The molecule has 25 heavy (non-hydrogen) atoms. The van der Waals surface area contributed by atoms with Gasteiger partial charge < -0.3 is 20.3 Å². The van der Waals surface area contributed by atoms with Crippen molar-refractivity contribution in [3.63, 3.8) is 0 Å². The lowest BCUT2D eigenvalue weighted by atomic mass is 9.89. The highest BCUT2D eigenvalue weighted by Gasteiger charge is 2.24. The lowest BCUT2D eigenvalue weighted by Crippen LogP contribution is -2.43. The summed E-state index contributed by atoms with van der Waals surface area (Å²) in [5.74, 6) is 0.888. The number of halogens is 1. The van der Waals surface area contributed by atoms with Gasteiger partial charge in [0.05, 0.1) is 12.6 Å². The zero-order chi connectivity index (χ0) is 18.6. The predicted octanol–water partition coefficient (Wildman–Crippen LogP) is 3.73. The summed E-state index contributed by atoms with van der Waals surface area (Å²) in [4.78, 5) is 7.20. The molecule has 0 aliphatic carbocycles. The lowest BCUT2D eigenvalue weighted by molar-refractivity contribution is 0.0241. The fourth-order valence-electron chi connectivity index (χ4n) is 2.66. The molecule has 152 valence electrons. The Kier molecular flexibility index (Phi) is 16.3. The zero-order valence-electron chi connectivity index (χ0n) is 17.8. The van der Waals surface area contributed by atoms with Crippen LogP contribution in [-0.4, -0.2) is 62.8 Å². The van der Waals surface area contributed by atoms with Crippen molar-refractivity contribution in [1.82, 2.24) is 15.5 Å². The van der Waals surface area contributed by atoms with E-state index in [0.29, 0.717) is 12.6 Å². The van der Waals surface area contributed by atoms with Gasteiger partial charge in [0.25, 0.3) is 0 Å². The maximum atomic E-state index is 5.60. The molecular formula is C19H43IN4O. The van der Waals surface area contributed by atoms with Crippen molar-refractivity contribution in [1.29, 1.82) is 0 Å². The molecular weight excluding hydrogens is 427 g/mol. The van der Waals surface area contributed by atoms with Gasteiger partial charge >= 0.3 is 0 Å². The van der Waals surface area contributed by atoms with Crippen LogP contribution in [0.25, 0.3) is 0 Å². The van der Waals surface area contributed by atoms with Crippen molar-refractivity contribution >= 4 is 29.9 Å². The van der Waals surface area contributed by atoms with Crippen LogP contribution in [0.1, 0.15) is 61.3 Å². The molecule has 0 spiro atoms. The minimum Gasteiger partial charge on any atom is -0.379 e. The minimum absolute atomic E-state index is 0. The fourth-order valence-corrected chi connectivity index (χ4v) is 2.66. The second-order valence-electron chi connectivity index (χ2n) is 7.52. The van der Waals surface area contributed by atoms with E-state index in [1.807, 2.05) is 0 Å². The Morgan fingerprint density at radius 2 is 1.76 bits per heavy atom. The van der Waals surface area contributed by atoms with Crippen LogP contribution in [0.4, 0.5) is 0 Å². The number of guanidine groups is 1. The third kappa shape index (κ3) is 12.8. The van der Waals surface area contributed by atoms with Crippen LogP contribution in [0, 0.1) is 5.41 Å². The molecule has 6 heteroatoms. The number of ether oxygens (including phenoxy) is 1. The highest BCUT2D eigenvalue weighted by Crippen LogP contribution is 2.21. The van der Waals surface area contributed by atoms with Gasteiger partial charge in [0.2, 0.25) is 0 Å². The van der Waals surface area contributed by atoms with Gasteiger partial charge in [0, 0.05) is 19.7 Å². The van der Waals surface area contributed by atoms with E-state index in [2.05, 4.69) is 64.0 Å². The van der Waals surface area contributed by atoms with Gasteiger partial charge in [-0.05, 0) is 51.7 Å². The van der Waals surface area contributed by atoms with Gasteiger partial charge in [-0.25, -0.2) is 0 Å². The van der Waals surface area contributed by atoms with Crippen molar-refractivity contribution in [2.24, 2.45) is 10.4 Å². The summed E-state index contributed by atoms with van der Waals surface area (Å²) in [6, 6.07) is 0.411. The van der Waals surface area contributed by atoms with E-state index >= 15 is 0 Å². The van der Waals surface area contributed by atoms with Crippen molar-refractivity contribution in [2.45, 2.75) is 73.5 Å². The third-order valence-electron chi connectivity index (χ3n) is 4.40. The van der Waals surface area contributed by atoms with Gasteiger partial charge in [-0.1, -0.05) is 34.6 Å². The number of nitrogens with one attached hydrogen (secondary N) is 2.